The van der Waals surface area contributed by atoms with Crippen LogP contribution in [0.1, 0.15) is 15.9 Å². The highest BCUT2D eigenvalue weighted by Gasteiger charge is 2.13. The molecule has 23 heavy (non-hydrogen) atoms. The number of carbonyl (C=O) groups excluding carboxylic acids is 1. The first-order valence-corrected chi connectivity index (χ1v) is 7.78. The van der Waals surface area contributed by atoms with Gasteiger partial charge >= 0.3 is 5.97 Å². The molecule has 2 heterocycles. The Bertz CT molecular complexity index is 847. The summed E-state index contributed by atoms with van der Waals surface area (Å²) >= 11 is 1.57. The van der Waals surface area contributed by atoms with Gasteiger partial charge in [-0.1, -0.05) is 6.07 Å². The summed E-state index contributed by atoms with van der Waals surface area (Å²) < 4.78 is 9.98. The predicted molar refractivity (Wildman–Crippen MR) is 89.1 cm³/mol. The van der Waals surface area contributed by atoms with Crippen molar-refractivity contribution in [3.05, 3.63) is 47.1 Å². The van der Waals surface area contributed by atoms with Crippen molar-refractivity contribution in [2.75, 3.05) is 19.5 Å². The Hall–Kier alpha value is -2.67. The highest BCUT2D eigenvalue weighted by atomic mass is 32.1. The van der Waals surface area contributed by atoms with Gasteiger partial charge in [0, 0.05) is 6.54 Å². The third-order valence-electron chi connectivity index (χ3n) is 3.39. The first-order chi connectivity index (χ1) is 11.2. The van der Waals surface area contributed by atoms with Gasteiger partial charge in [-0.2, -0.15) is 0 Å². The Labute approximate surface area is 137 Å². The van der Waals surface area contributed by atoms with Crippen molar-refractivity contribution in [3.63, 3.8) is 0 Å². The lowest BCUT2D eigenvalue weighted by Gasteiger charge is -2.10. The maximum absolute atomic E-state index is 11.8. The van der Waals surface area contributed by atoms with E-state index in [1.165, 1.54) is 20.5 Å². The summed E-state index contributed by atoms with van der Waals surface area (Å²) in [6.45, 7) is 0.524. The largest absolute Gasteiger partial charge is 0.496 e. The average molecular weight is 329 g/mol. The second-order valence-corrected chi connectivity index (χ2v) is 5.64. The van der Waals surface area contributed by atoms with Crippen LogP contribution in [-0.4, -0.2) is 30.2 Å². The van der Waals surface area contributed by atoms with Gasteiger partial charge in [0.1, 0.15) is 28.3 Å². The van der Waals surface area contributed by atoms with Gasteiger partial charge in [0.15, 0.2) is 0 Å². The zero-order chi connectivity index (χ0) is 16.2. The van der Waals surface area contributed by atoms with Crippen LogP contribution in [0.15, 0.2) is 36.0 Å². The summed E-state index contributed by atoms with van der Waals surface area (Å²) in [5, 5.41) is 6.24. The lowest BCUT2D eigenvalue weighted by Crippen LogP contribution is -2.07. The van der Waals surface area contributed by atoms with E-state index in [4.69, 9.17) is 9.47 Å². The molecule has 7 heteroatoms. The molecule has 1 aromatic carbocycles. The minimum Gasteiger partial charge on any atom is -0.496 e. The van der Waals surface area contributed by atoms with Crippen molar-refractivity contribution in [1.82, 2.24) is 9.97 Å². The number of aromatic nitrogens is 2. The fourth-order valence-electron chi connectivity index (χ4n) is 2.25. The summed E-state index contributed by atoms with van der Waals surface area (Å²) in [5.74, 6) is 0.834. The summed E-state index contributed by atoms with van der Waals surface area (Å²) in [5.41, 5.74) is 1.32. The molecule has 118 valence electrons. The number of carbonyl (C=O) groups is 1. The molecule has 0 fully saturated rings. The average Bonchev–Trinajstić information content (AvgIpc) is 3.08. The normalized spacial score (nSPS) is 10.5. The molecular weight excluding hydrogens is 314 g/mol. The van der Waals surface area contributed by atoms with Crippen molar-refractivity contribution in [3.8, 4) is 5.75 Å². The predicted octanol–water partition coefficient (Wildman–Crippen LogP) is 3.10. The monoisotopic (exact) mass is 329 g/mol. The first kappa shape index (κ1) is 15.2. The van der Waals surface area contributed by atoms with E-state index in [-0.39, 0.29) is 0 Å². The minimum atomic E-state index is -0.425. The Morgan fingerprint density at radius 3 is 2.91 bits per heavy atom. The lowest BCUT2D eigenvalue weighted by molar-refractivity contribution is 0.0597. The standard InChI is InChI=1S/C16H15N3O3S/c1-21-13-4-3-10(7-12(13)16(20)22-2)8-17-14-11-5-6-23-15(11)19-9-18-14/h3-7,9H,8H2,1-2H3,(H,17,18,19). The number of ether oxygens (including phenoxy) is 2. The highest BCUT2D eigenvalue weighted by molar-refractivity contribution is 7.16. The van der Waals surface area contributed by atoms with Crippen LogP contribution < -0.4 is 10.1 Å². The zero-order valence-electron chi connectivity index (χ0n) is 12.7. The van der Waals surface area contributed by atoms with Gasteiger partial charge in [0.2, 0.25) is 0 Å². The van der Waals surface area contributed by atoms with E-state index in [1.807, 2.05) is 17.5 Å². The number of rotatable bonds is 5. The minimum absolute atomic E-state index is 0.401. The number of benzene rings is 1. The maximum Gasteiger partial charge on any atom is 0.341 e. The summed E-state index contributed by atoms with van der Waals surface area (Å²) in [7, 11) is 2.87. The summed E-state index contributed by atoms with van der Waals surface area (Å²) in [6, 6.07) is 7.38. The first-order valence-electron chi connectivity index (χ1n) is 6.90. The van der Waals surface area contributed by atoms with Gasteiger partial charge in [-0.15, -0.1) is 11.3 Å². The fourth-order valence-corrected chi connectivity index (χ4v) is 2.98. The van der Waals surface area contributed by atoms with E-state index in [0.29, 0.717) is 17.9 Å². The molecule has 0 saturated heterocycles. The Kier molecular flexibility index (Phi) is 4.38. The molecule has 0 saturated carbocycles. The number of methoxy groups -OCH3 is 2. The third-order valence-corrected chi connectivity index (χ3v) is 4.21. The van der Waals surface area contributed by atoms with Crippen LogP contribution in [0.25, 0.3) is 10.2 Å². The van der Waals surface area contributed by atoms with Crippen molar-refractivity contribution >= 4 is 33.3 Å². The molecule has 0 aliphatic heterocycles. The lowest BCUT2D eigenvalue weighted by atomic mass is 10.1. The van der Waals surface area contributed by atoms with Crippen LogP contribution in [0, 0.1) is 0 Å². The maximum atomic E-state index is 11.8. The SMILES string of the molecule is COC(=O)c1cc(CNc2ncnc3sccc23)ccc1OC. The number of anilines is 1. The molecule has 2 aromatic heterocycles. The smallest absolute Gasteiger partial charge is 0.341 e. The van der Waals surface area contributed by atoms with Gasteiger partial charge < -0.3 is 14.8 Å². The van der Waals surface area contributed by atoms with E-state index < -0.39 is 5.97 Å². The van der Waals surface area contributed by atoms with E-state index in [1.54, 1.807) is 23.5 Å². The molecular formula is C16H15N3O3S. The van der Waals surface area contributed by atoms with Crippen LogP contribution in [0.2, 0.25) is 0 Å². The summed E-state index contributed by atoms with van der Waals surface area (Å²) in [4.78, 5) is 21.2. The molecule has 3 rings (SSSR count). The molecule has 0 spiro atoms. The molecule has 3 aromatic rings. The Balaban J connectivity index is 1.83. The molecule has 0 aliphatic rings. The van der Waals surface area contributed by atoms with Crippen LogP contribution in [-0.2, 0) is 11.3 Å². The van der Waals surface area contributed by atoms with Crippen molar-refractivity contribution in [1.29, 1.82) is 0 Å². The van der Waals surface area contributed by atoms with Crippen LogP contribution >= 0.6 is 11.3 Å². The van der Waals surface area contributed by atoms with Crippen LogP contribution in [0.3, 0.4) is 0 Å². The van der Waals surface area contributed by atoms with Gasteiger partial charge in [-0.3, -0.25) is 0 Å². The molecule has 6 nitrogen and oxygen atoms in total. The zero-order valence-corrected chi connectivity index (χ0v) is 13.5. The highest BCUT2D eigenvalue weighted by Crippen LogP contribution is 2.25. The Morgan fingerprint density at radius 1 is 1.26 bits per heavy atom. The summed E-state index contributed by atoms with van der Waals surface area (Å²) in [6.07, 6.45) is 1.54. The number of fused-ring (bicyclic) bond motifs is 1. The number of hydrogen-bond donors (Lipinski definition) is 1. The van der Waals surface area contributed by atoms with Gasteiger partial charge in [-0.25, -0.2) is 14.8 Å². The molecule has 0 amide bonds. The van der Waals surface area contributed by atoms with Gasteiger partial charge in [0.05, 0.1) is 19.6 Å². The van der Waals surface area contributed by atoms with E-state index in [0.717, 1.165) is 21.6 Å². The van der Waals surface area contributed by atoms with Crippen molar-refractivity contribution < 1.29 is 14.3 Å². The molecule has 0 unspecified atom stereocenters. The fraction of sp³-hybridized carbons (Fsp3) is 0.188. The van der Waals surface area contributed by atoms with Crippen molar-refractivity contribution in [2.45, 2.75) is 6.54 Å². The van der Waals surface area contributed by atoms with Crippen molar-refractivity contribution in [2.24, 2.45) is 0 Å². The second kappa shape index (κ2) is 6.62. The number of nitrogens with zero attached hydrogens (tertiary/aromatic N) is 2. The second-order valence-electron chi connectivity index (χ2n) is 4.74. The number of nitrogens with one attached hydrogen (secondary N) is 1. The topological polar surface area (TPSA) is 73.3 Å². The molecule has 0 atom stereocenters. The van der Waals surface area contributed by atoms with Gasteiger partial charge in [0.25, 0.3) is 0 Å². The molecule has 0 radical (unpaired) electrons. The van der Waals surface area contributed by atoms with E-state index in [2.05, 4.69) is 15.3 Å². The number of thiophene rings is 1. The molecule has 0 bridgehead atoms. The van der Waals surface area contributed by atoms with Crippen LogP contribution in [0.5, 0.6) is 5.75 Å². The molecule has 0 aliphatic carbocycles. The van der Waals surface area contributed by atoms with Gasteiger partial charge in [-0.05, 0) is 29.1 Å². The molecule has 1 N–H and O–H groups in total. The quantitative estimate of drug-likeness (QED) is 0.725. The third kappa shape index (κ3) is 3.09. The van der Waals surface area contributed by atoms with E-state index >= 15 is 0 Å². The Morgan fingerprint density at radius 2 is 2.13 bits per heavy atom. The number of hydrogen-bond acceptors (Lipinski definition) is 7. The number of esters is 1. The van der Waals surface area contributed by atoms with Crippen LogP contribution in [0.4, 0.5) is 5.82 Å². The van der Waals surface area contributed by atoms with E-state index in [9.17, 15) is 4.79 Å².